The molecule has 0 aromatic heterocycles. The number of hydrogen-bond acceptors (Lipinski definition) is 1. The molecule has 1 aromatic carbocycles. The van der Waals surface area contributed by atoms with E-state index in [2.05, 4.69) is 0 Å². The molecular formula is C12H15Cl2N. The molecule has 0 spiro atoms. The summed E-state index contributed by atoms with van der Waals surface area (Å²) in [5, 5.41) is 1.50. The standard InChI is InChI=1S/C12H15Cl2N/c13-10-4-5-11(14)9(6-10)7-12(15)8-2-1-3-8/h4-6,8,12H,1-3,7,15H2. The van der Waals surface area contributed by atoms with E-state index in [0.29, 0.717) is 5.92 Å². The van der Waals surface area contributed by atoms with Gasteiger partial charge in [0.2, 0.25) is 0 Å². The quantitative estimate of drug-likeness (QED) is 0.862. The molecule has 1 aromatic rings. The smallest absolute Gasteiger partial charge is 0.0439 e. The van der Waals surface area contributed by atoms with E-state index in [0.717, 1.165) is 22.0 Å². The van der Waals surface area contributed by atoms with Crippen molar-refractivity contribution in [3.05, 3.63) is 33.8 Å². The third-order valence-electron chi connectivity index (χ3n) is 3.22. The van der Waals surface area contributed by atoms with Gasteiger partial charge in [0.15, 0.2) is 0 Å². The molecule has 0 heterocycles. The predicted molar refractivity (Wildman–Crippen MR) is 65.5 cm³/mol. The molecule has 0 bridgehead atoms. The van der Waals surface area contributed by atoms with Gasteiger partial charge in [-0.3, -0.25) is 0 Å². The van der Waals surface area contributed by atoms with Gasteiger partial charge in [0.1, 0.15) is 0 Å². The highest BCUT2D eigenvalue weighted by Crippen LogP contribution is 2.31. The van der Waals surface area contributed by atoms with Crippen LogP contribution in [0.3, 0.4) is 0 Å². The Hall–Kier alpha value is -0.240. The molecule has 1 fully saturated rings. The average molecular weight is 244 g/mol. The molecule has 1 atom stereocenters. The van der Waals surface area contributed by atoms with Crippen molar-refractivity contribution in [1.82, 2.24) is 0 Å². The van der Waals surface area contributed by atoms with E-state index in [1.165, 1.54) is 19.3 Å². The largest absolute Gasteiger partial charge is 0.327 e. The highest BCUT2D eigenvalue weighted by Gasteiger charge is 2.24. The number of benzene rings is 1. The maximum Gasteiger partial charge on any atom is 0.0439 e. The second-order valence-electron chi connectivity index (χ2n) is 4.29. The SMILES string of the molecule is NC(Cc1cc(Cl)ccc1Cl)C1CCC1. The summed E-state index contributed by atoms with van der Waals surface area (Å²) in [6.07, 6.45) is 4.68. The van der Waals surface area contributed by atoms with Gasteiger partial charge in [0, 0.05) is 16.1 Å². The summed E-state index contributed by atoms with van der Waals surface area (Å²) in [7, 11) is 0. The number of rotatable bonds is 3. The number of hydrogen-bond donors (Lipinski definition) is 1. The lowest BCUT2D eigenvalue weighted by Crippen LogP contribution is -2.36. The Balaban J connectivity index is 2.05. The molecule has 0 amide bonds. The third kappa shape index (κ3) is 2.66. The number of halogens is 2. The van der Waals surface area contributed by atoms with Gasteiger partial charge in [0.25, 0.3) is 0 Å². The molecule has 1 nitrogen and oxygen atoms in total. The van der Waals surface area contributed by atoms with Crippen LogP contribution in [0.4, 0.5) is 0 Å². The van der Waals surface area contributed by atoms with Gasteiger partial charge >= 0.3 is 0 Å². The summed E-state index contributed by atoms with van der Waals surface area (Å²) < 4.78 is 0. The fraction of sp³-hybridized carbons (Fsp3) is 0.500. The van der Waals surface area contributed by atoms with Gasteiger partial charge in [-0.05, 0) is 48.9 Å². The Morgan fingerprint density at radius 3 is 2.67 bits per heavy atom. The van der Waals surface area contributed by atoms with Crippen molar-refractivity contribution in [2.45, 2.75) is 31.7 Å². The molecule has 2 rings (SSSR count). The predicted octanol–water partition coefficient (Wildman–Crippen LogP) is 3.66. The van der Waals surface area contributed by atoms with Crippen molar-refractivity contribution in [3.8, 4) is 0 Å². The highest BCUT2D eigenvalue weighted by atomic mass is 35.5. The normalized spacial score (nSPS) is 18.6. The summed E-state index contributed by atoms with van der Waals surface area (Å²) >= 11 is 12.0. The molecule has 82 valence electrons. The molecule has 3 heteroatoms. The fourth-order valence-corrected chi connectivity index (χ4v) is 2.38. The fourth-order valence-electron chi connectivity index (χ4n) is 1.99. The Kier molecular flexibility index (Phi) is 3.55. The zero-order valence-corrected chi connectivity index (χ0v) is 10.1. The van der Waals surface area contributed by atoms with Crippen LogP contribution in [0.2, 0.25) is 10.0 Å². The van der Waals surface area contributed by atoms with Crippen molar-refractivity contribution in [3.63, 3.8) is 0 Å². The van der Waals surface area contributed by atoms with Crippen LogP contribution in [0.25, 0.3) is 0 Å². The molecule has 1 unspecified atom stereocenters. The summed E-state index contributed by atoms with van der Waals surface area (Å²) in [6.45, 7) is 0. The molecule has 0 radical (unpaired) electrons. The zero-order chi connectivity index (χ0) is 10.8. The Morgan fingerprint density at radius 2 is 2.07 bits per heavy atom. The molecule has 0 aliphatic heterocycles. The van der Waals surface area contributed by atoms with Crippen LogP contribution in [0.1, 0.15) is 24.8 Å². The van der Waals surface area contributed by atoms with Gasteiger partial charge < -0.3 is 5.73 Å². The summed E-state index contributed by atoms with van der Waals surface area (Å²) in [4.78, 5) is 0. The van der Waals surface area contributed by atoms with E-state index in [1.807, 2.05) is 18.2 Å². The molecular weight excluding hydrogens is 229 g/mol. The van der Waals surface area contributed by atoms with Crippen LogP contribution in [0.5, 0.6) is 0 Å². The first kappa shape index (κ1) is 11.3. The minimum absolute atomic E-state index is 0.231. The molecule has 1 aliphatic carbocycles. The maximum atomic E-state index is 6.13. The zero-order valence-electron chi connectivity index (χ0n) is 8.55. The summed E-state index contributed by atoms with van der Waals surface area (Å²) in [5.41, 5.74) is 7.20. The van der Waals surface area contributed by atoms with Crippen LogP contribution < -0.4 is 5.73 Å². The van der Waals surface area contributed by atoms with Gasteiger partial charge in [-0.1, -0.05) is 29.6 Å². The van der Waals surface area contributed by atoms with Crippen LogP contribution in [-0.4, -0.2) is 6.04 Å². The topological polar surface area (TPSA) is 26.0 Å². The van der Waals surface area contributed by atoms with E-state index in [1.54, 1.807) is 0 Å². The van der Waals surface area contributed by atoms with Crippen LogP contribution in [0.15, 0.2) is 18.2 Å². The van der Waals surface area contributed by atoms with E-state index in [9.17, 15) is 0 Å². The number of nitrogens with two attached hydrogens (primary N) is 1. The van der Waals surface area contributed by atoms with Crippen LogP contribution in [0, 0.1) is 5.92 Å². The Labute approximate surface area is 101 Å². The van der Waals surface area contributed by atoms with E-state index in [-0.39, 0.29) is 6.04 Å². The first-order chi connectivity index (χ1) is 7.16. The van der Waals surface area contributed by atoms with Gasteiger partial charge in [-0.2, -0.15) is 0 Å². The Bertz CT molecular complexity index is 347. The monoisotopic (exact) mass is 243 g/mol. The van der Waals surface area contributed by atoms with E-state index >= 15 is 0 Å². The van der Waals surface area contributed by atoms with Gasteiger partial charge in [-0.15, -0.1) is 0 Å². The van der Waals surface area contributed by atoms with Crippen molar-refractivity contribution in [2.75, 3.05) is 0 Å². The second-order valence-corrected chi connectivity index (χ2v) is 5.14. The minimum atomic E-state index is 0.231. The molecule has 15 heavy (non-hydrogen) atoms. The first-order valence-corrected chi connectivity index (χ1v) is 6.12. The summed E-state index contributed by atoms with van der Waals surface area (Å²) in [6, 6.07) is 5.80. The lowest BCUT2D eigenvalue weighted by atomic mass is 9.78. The molecule has 2 N–H and O–H groups in total. The van der Waals surface area contributed by atoms with E-state index in [4.69, 9.17) is 28.9 Å². The van der Waals surface area contributed by atoms with E-state index < -0.39 is 0 Å². The second kappa shape index (κ2) is 4.73. The Morgan fingerprint density at radius 1 is 1.33 bits per heavy atom. The van der Waals surface area contributed by atoms with Crippen molar-refractivity contribution >= 4 is 23.2 Å². The average Bonchev–Trinajstić information content (AvgIpc) is 2.08. The molecule has 1 saturated carbocycles. The molecule has 1 aliphatic rings. The van der Waals surface area contributed by atoms with Gasteiger partial charge in [-0.25, -0.2) is 0 Å². The highest BCUT2D eigenvalue weighted by molar-refractivity contribution is 6.33. The van der Waals surface area contributed by atoms with Crippen molar-refractivity contribution < 1.29 is 0 Å². The van der Waals surface area contributed by atoms with Crippen LogP contribution in [-0.2, 0) is 6.42 Å². The first-order valence-electron chi connectivity index (χ1n) is 5.36. The minimum Gasteiger partial charge on any atom is -0.327 e. The van der Waals surface area contributed by atoms with Crippen molar-refractivity contribution in [1.29, 1.82) is 0 Å². The maximum absolute atomic E-state index is 6.13. The van der Waals surface area contributed by atoms with Gasteiger partial charge in [0.05, 0.1) is 0 Å². The lowest BCUT2D eigenvalue weighted by Gasteiger charge is -2.31. The molecule has 0 saturated heterocycles. The lowest BCUT2D eigenvalue weighted by molar-refractivity contribution is 0.260. The third-order valence-corrected chi connectivity index (χ3v) is 3.82. The van der Waals surface area contributed by atoms with Crippen molar-refractivity contribution in [2.24, 2.45) is 11.7 Å². The van der Waals surface area contributed by atoms with Crippen LogP contribution >= 0.6 is 23.2 Å². The summed E-state index contributed by atoms with van der Waals surface area (Å²) in [5.74, 6) is 0.681.